The predicted octanol–water partition coefficient (Wildman–Crippen LogP) is 1.23. The lowest BCUT2D eigenvalue weighted by atomic mass is 9.72. The van der Waals surface area contributed by atoms with Gasteiger partial charge in [0.25, 0.3) is 5.91 Å². The fourth-order valence-corrected chi connectivity index (χ4v) is 4.29. The Morgan fingerprint density at radius 1 is 1.26 bits per heavy atom. The molecule has 0 atom stereocenters. The number of carbonyl (C=O) groups is 2. The zero-order valence-electron chi connectivity index (χ0n) is 15.7. The van der Waals surface area contributed by atoms with Gasteiger partial charge in [0, 0.05) is 64.2 Å². The molecular weight excluding hydrogens is 344 g/mol. The number of likely N-dealkylation sites (tertiary alicyclic amines) is 2. The van der Waals surface area contributed by atoms with Crippen molar-refractivity contribution in [3.05, 3.63) is 36.2 Å². The highest BCUT2D eigenvalue weighted by Gasteiger charge is 2.41. The number of aromatic amines is 1. The van der Waals surface area contributed by atoms with Crippen LogP contribution in [0.5, 0.6) is 0 Å². The van der Waals surface area contributed by atoms with Crippen LogP contribution in [0.3, 0.4) is 0 Å². The van der Waals surface area contributed by atoms with Gasteiger partial charge in [0.2, 0.25) is 5.91 Å². The normalized spacial score (nSPS) is 19.7. The average Bonchev–Trinajstić information content (AvgIpc) is 3.34. The van der Waals surface area contributed by atoms with Crippen molar-refractivity contribution >= 4 is 11.8 Å². The van der Waals surface area contributed by atoms with E-state index in [1.54, 1.807) is 23.4 Å². The number of hydrogen-bond donors (Lipinski definition) is 1. The third kappa shape index (κ3) is 3.74. The van der Waals surface area contributed by atoms with E-state index in [1.165, 1.54) is 0 Å². The van der Waals surface area contributed by atoms with Gasteiger partial charge in [0.15, 0.2) is 0 Å². The van der Waals surface area contributed by atoms with Crippen molar-refractivity contribution in [2.24, 2.45) is 12.5 Å². The Labute approximate surface area is 158 Å². The molecule has 0 aromatic carbocycles. The second kappa shape index (κ2) is 7.17. The first-order valence-electron chi connectivity index (χ1n) is 9.58. The van der Waals surface area contributed by atoms with Gasteiger partial charge in [-0.15, -0.1) is 0 Å². The smallest absolute Gasteiger partial charge is 0.257 e. The predicted molar refractivity (Wildman–Crippen MR) is 98.9 cm³/mol. The monoisotopic (exact) mass is 370 g/mol. The molecule has 2 amide bonds. The summed E-state index contributed by atoms with van der Waals surface area (Å²) in [5.41, 5.74) is 1.85. The molecule has 0 aliphatic carbocycles. The number of piperidine rings is 2. The Balaban J connectivity index is 1.35. The third-order valence-electron chi connectivity index (χ3n) is 6.02. The number of H-pyrrole nitrogens is 1. The quantitative estimate of drug-likeness (QED) is 0.877. The van der Waals surface area contributed by atoms with Gasteiger partial charge in [-0.2, -0.15) is 5.10 Å². The van der Waals surface area contributed by atoms with E-state index in [0.717, 1.165) is 57.6 Å². The molecule has 8 nitrogen and oxygen atoms in total. The number of aryl methyl sites for hydroxylation is 1. The maximum absolute atomic E-state index is 12.6. The molecule has 8 heteroatoms. The minimum Gasteiger partial charge on any atom is -0.348 e. The van der Waals surface area contributed by atoms with E-state index < -0.39 is 0 Å². The van der Waals surface area contributed by atoms with Crippen molar-refractivity contribution in [2.45, 2.75) is 32.1 Å². The highest BCUT2D eigenvalue weighted by molar-refractivity contribution is 5.93. The second-order valence-corrected chi connectivity index (χ2v) is 7.84. The molecule has 2 aromatic rings. The molecular formula is C19H26N6O2. The first-order chi connectivity index (χ1) is 13.0. The van der Waals surface area contributed by atoms with Crippen LogP contribution in [-0.2, 0) is 18.3 Å². The van der Waals surface area contributed by atoms with Crippen LogP contribution in [0, 0.1) is 5.41 Å². The van der Waals surface area contributed by atoms with E-state index >= 15 is 0 Å². The molecule has 0 unspecified atom stereocenters. The molecule has 4 heterocycles. The summed E-state index contributed by atoms with van der Waals surface area (Å²) in [6, 6.07) is 0. The molecule has 0 bridgehead atoms. The molecule has 0 radical (unpaired) electrons. The fourth-order valence-electron chi connectivity index (χ4n) is 4.29. The Morgan fingerprint density at radius 2 is 2.07 bits per heavy atom. The lowest BCUT2D eigenvalue weighted by Crippen LogP contribution is -2.52. The molecule has 2 aliphatic rings. The molecule has 1 N–H and O–H groups in total. The lowest BCUT2D eigenvalue weighted by Gasteiger charge is -2.47. The first kappa shape index (κ1) is 17.8. The Hall–Kier alpha value is -2.64. The van der Waals surface area contributed by atoms with E-state index in [2.05, 4.69) is 15.1 Å². The van der Waals surface area contributed by atoms with Crippen LogP contribution in [0.1, 0.15) is 41.7 Å². The maximum atomic E-state index is 12.6. The molecule has 1 spiro atoms. The number of rotatable bonds is 4. The molecule has 2 aliphatic heterocycles. The summed E-state index contributed by atoms with van der Waals surface area (Å²) in [5, 5.41) is 4.09. The van der Waals surface area contributed by atoms with E-state index in [1.807, 2.05) is 23.0 Å². The van der Waals surface area contributed by atoms with Crippen molar-refractivity contribution in [1.82, 2.24) is 29.5 Å². The molecule has 0 saturated carbocycles. The van der Waals surface area contributed by atoms with Gasteiger partial charge in [0.05, 0.1) is 18.1 Å². The van der Waals surface area contributed by atoms with E-state index in [-0.39, 0.29) is 17.2 Å². The highest BCUT2D eigenvalue weighted by atomic mass is 16.2. The van der Waals surface area contributed by atoms with Crippen LogP contribution in [0.25, 0.3) is 0 Å². The second-order valence-electron chi connectivity index (χ2n) is 7.84. The highest BCUT2D eigenvalue weighted by Crippen LogP contribution is 2.40. The van der Waals surface area contributed by atoms with Crippen LogP contribution in [0.4, 0.5) is 0 Å². The Morgan fingerprint density at radius 3 is 2.74 bits per heavy atom. The van der Waals surface area contributed by atoms with Gasteiger partial charge in [0.1, 0.15) is 0 Å². The summed E-state index contributed by atoms with van der Waals surface area (Å²) in [7, 11) is 1.82. The van der Waals surface area contributed by atoms with Gasteiger partial charge in [-0.1, -0.05) is 0 Å². The third-order valence-corrected chi connectivity index (χ3v) is 6.02. The van der Waals surface area contributed by atoms with Crippen LogP contribution in [-0.4, -0.2) is 67.5 Å². The lowest BCUT2D eigenvalue weighted by molar-refractivity contribution is -0.138. The minimum absolute atomic E-state index is 0.0564. The summed E-state index contributed by atoms with van der Waals surface area (Å²) in [5.74, 6) is 0.301. The molecule has 27 heavy (non-hydrogen) atoms. The molecule has 2 aromatic heterocycles. The molecule has 144 valence electrons. The number of imidazole rings is 1. The average molecular weight is 370 g/mol. The number of hydrogen-bond acceptors (Lipinski definition) is 4. The Bertz CT molecular complexity index is 804. The summed E-state index contributed by atoms with van der Waals surface area (Å²) in [4.78, 5) is 36.1. The van der Waals surface area contributed by atoms with Gasteiger partial charge >= 0.3 is 0 Å². The molecule has 2 fully saturated rings. The van der Waals surface area contributed by atoms with E-state index in [9.17, 15) is 9.59 Å². The van der Waals surface area contributed by atoms with Crippen molar-refractivity contribution in [3.8, 4) is 0 Å². The Kier molecular flexibility index (Phi) is 4.72. The van der Waals surface area contributed by atoms with Crippen LogP contribution in [0.2, 0.25) is 0 Å². The largest absolute Gasteiger partial charge is 0.348 e. The van der Waals surface area contributed by atoms with Gasteiger partial charge in [-0.25, -0.2) is 4.98 Å². The number of nitrogens with zero attached hydrogens (tertiary/aromatic N) is 5. The number of aromatic nitrogens is 4. The van der Waals surface area contributed by atoms with Gasteiger partial charge in [-0.3, -0.25) is 14.3 Å². The number of amides is 2. The zero-order valence-corrected chi connectivity index (χ0v) is 15.7. The molecule has 2 saturated heterocycles. The van der Waals surface area contributed by atoms with Crippen molar-refractivity contribution < 1.29 is 9.59 Å². The zero-order chi connectivity index (χ0) is 18.9. The van der Waals surface area contributed by atoms with Crippen LogP contribution in [0.15, 0.2) is 24.9 Å². The van der Waals surface area contributed by atoms with E-state index in [4.69, 9.17) is 0 Å². The van der Waals surface area contributed by atoms with Crippen molar-refractivity contribution in [1.29, 1.82) is 0 Å². The van der Waals surface area contributed by atoms with E-state index in [0.29, 0.717) is 12.0 Å². The number of nitrogens with one attached hydrogen (secondary N) is 1. The maximum Gasteiger partial charge on any atom is 0.257 e. The number of carbonyl (C=O) groups excluding carboxylic acids is 2. The van der Waals surface area contributed by atoms with Crippen molar-refractivity contribution in [2.75, 3.05) is 26.2 Å². The van der Waals surface area contributed by atoms with Gasteiger partial charge in [-0.05, 0) is 24.7 Å². The molecule has 4 rings (SSSR count). The minimum atomic E-state index is 0.0564. The standard InChI is InChI=1S/C19H26N6O2/c1-23-12-15(10-22-23)18(27)24-8-5-19(6-9-24)4-2-17(26)25(13-19)7-3-16-11-20-14-21-16/h10-12,14H,2-9,13H2,1H3,(H,20,21). The summed E-state index contributed by atoms with van der Waals surface area (Å²) < 4.78 is 1.66. The first-order valence-corrected chi connectivity index (χ1v) is 9.58. The van der Waals surface area contributed by atoms with Crippen LogP contribution < -0.4 is 0 Å². The van der Waals surface area contributed by atoms with Crippen molar-refractivity contribution in [3.63, 3.8) is 0 Å². The van der Waals surface area contributed by atoms with Gasteiger partial charge < -0.3 is 14.8 Å². The summed E-state index contributed by atoms with van der Waals surface area (Å²) in [6.45, 7) is 3.02. The van der Waals surface area contributed by atoms with Crippen LogP contribution >= 0.6 is 0 Å². The summed E-state index contributed by atoms with van der Waals surface area (Å²) in [6.07, 6.45) is 11.1. The topological polar surface area (TPSA) is 87.1 Å². The fraction of sp³-hybridized carbons (Fsp3) is 0.579. The summed E-state index contributed by atoms with van der Waals surface area (Å²) >= 11 is 0. The SMILES string of the molecule is Cn1cc(C(=O)N2CCC3(CCC(=O)N(CCc4cnc[nH]4)C3)CC2)cn1.